The Morgan fingerprint density at radius 2 is 1.71 bits per heavy atom. The maximum atomic E-state index is 13.5. The first-order valence-corrected chi connectivity index (χ1v) is 12.8. The van der Waals surface area contributed by atoms with E-state index in [-0.39, 0.29) is 12.5 Å². The highest BCUT2D eigenvalue weighted by Gasteiger charge is 2.31. The fourth-order valence-electron chi connectivity index (χ4n) is 3.38. The molecular formula is C25H35N3O5S. The Morgan fingerprint density at radius 3 is 2.21 bits per heavy atom. The van der Waals surface area contributed by atoms with Crippen molar-refractivity contribution in [2.24, 2.45) is 0 Å². The van der Waals surface area contributed by atoms with Gasteiger partial charge in [0.2, 0.25) is 21.8 Å². The molecule has 0 fully saturated rings. The molecule has 186 valence electrons. The summed E-state index contributed by atoms with van der Waals surface area (Å²) in [4.78, 5) is 27.8. The van der Waals surface area contributed by atoms with E-state index in [0.717, 1.165) is 21.7 Å². The molecule has 2 aromatic carbocycles. The zero-order valence-electron chi connectivity index (χ0n) is 21.0. The summed E-state index contributed by atoms with van der Waals surface area (Å²) in [6.45, 7) is 8.77. The van der Waals surface area contributed by atoms with Gasteiger partial charge in [-0.05, 0) is 70.0 Å². The zero-order chi connectivity index (χ0) is 25.7. The first-order chi connectivity index (χ1) is 15.7. The van der Waals surface area contributed by atoms with E-state index in [1.807, 2.05) is 45.9 Å². The second-order valence-electron chi connectivity index (χ2n) is 9.39. The molecule has 1 atom stereocenters. The van der Waals surface area contributed by atoms with Crippen molar-refractivity contribution in [2.75, 3.05) is 24.2 Å². The Hall–Kier alpha value is -3.07. The van der Waals surface area contributed by atoms with Crippen LogP contribution < -0.4 is 14.4 Å². The smallest absolute Gasteiger partial charge is 0.244 e. The van der Waals surface area contributed by atoms with Crippen LogP contribution in [0.25, 0.3) is 0 Å². The summed E-state index contributed by atoms with van der Waals surface area (Å²) in [5.74, 6) is -0.141. The van der Waals surface area contributed by atoms with Crippen molar-refractivity contribution < 1.29 is 22.7 Å². The molecule has 0 heterocycles. The first-order valence-electron chi connectivity index (χ1n) is 11.0. The molecule has 1 unspecified atom stereocenters. The van der Waals surface area contributed by atoms with Crippen LogP contribution in [-0.4, -0.2) is 56.6 Å². The number of nitrogens with one attached hydrogen (secondary N) is 1. The summed E-state index contributed by atoms with van der Waals surface area (Å²) >= 11 is 0. The highest BCUT2D eigenvalue weighted by atomic mass is 32.2. The fourth-order valence-corrected chi connectivity index (χ4v) is 4.22. The van der Waals surface area contributed by atoms with Gasteiger partial charge in [-0.3, -0.25) is 13.9 Å². The van der Waals surface area contributed by atoms with E-state index in [1.54, 1.807) is 44.4 Å². The molecule has 8 nitrogen and oxygen atoms in total. The predicted octanol–water partition coefficient (Wildman–Crippen LogP) is 3.10. The highest BCUT2D eigenvalue weighted by Crippen LogP contribution is 2.21. The summed E-state index contributed by atoms with van der Waals surface area (Å²) in [6.07, 6.45) is 1.06. The number of benzene rings is 2. The summed E-state index contributed by atoms with van der Waals surface area (Å²) in [6, 6.07) is 13.3. The Morgan fingerprint density at radius 1 is 1.09 bits per heavy atom. The zero-order valence-corrected chi connectivity index (χ0v) is 21.8. The molecule has 0 spiro atoms. The number of hydrogen-bond acceptors (Lipinski definition) is 5. The second-order valence-corrected chi connectivity index (χ2v) is 11.3. The van der Waals surface area contributed by atoms with Gasteiger partial charge in [-0.15, -0.1) is 0 Å². The third-order valence-corrected chi connectivity index (χ3v) is 6.29. The van der Waals surface area contributed by atoms with Gasteiger partial charge in [-0.2, -0.15) is 0 Å². The van der Waals surface area contributed by atoms with Crippen LogP contribution in [0.4, 0.5) is 5.69 Å². The van der Waals surface area contributed by atoms with E-state index in [0.29, 0.717) is 11.4 Å². The quantitative estimate of drug-likeness (QED) is 0.584. The molecule has 2 amide bonds. The Labute approximate surface area is 202 Å². The number of hydrogen-bond donors (Lipinski definition) is 1. The molecule has 0 aromatic heterocycles. The minimum atomic E-state index is -3.75. The molecule has 34 heavy (non-hydrogen) atoms. The van der Waals surface area contributed by atoms with Crippen LogP contribution >= 0.6 is 0 Å². The standard InChI is InChI=1S/C25H35N3O5S/c1-18-9-8-10-21(15-18)28(34(7,31)32)17-23(29)27(19(2)24(30)26-25(3,4)5)16-20-11-13-22(33-6)14-12-20/h8-15,19H,16-17H2,1-7H3,(H,26,30). The predicted molar refractivity (Wildman–Crippen MR) is 134 cm³/mol. The molecule has 2 rings (SSSR count). The molecular weight excluding hydrogens is 454 g/mol. The molecule has 0 bridgehead atoms. The van der Waals surface area contributed by atoms with E-state index < -0.39 is 34.1 Å². The van der Waals surface area contributed by atoms with Crippen LogP contribution in [0.15, 0.2) is 48.5 Å². The van der Waals surface area contributed by atoms with E-state index in [4.69, 9.17) is 4.74 Å². The number of ether oxygens (including phenoxy) is 1. The van der Waals surface area contributed by atoms with Gasteiger partial charge in [0.15, 0.2) is 0 Å². The summed E-state index contributed by atoms with van der Waals surface area (Å²) < 4.78 is 31.4. The summed E-state index contributed by atoms with van der Waals surface area (Å²) in [7, 11) is -2.19. The number of aryl methyl sites for hydroxylation is 1. The molecule has 0 saturated heterocycles. The lowest BCUT2D eigenvalue weighted by molar-refractivity contribution is -0.140. The lowest BCUT2D eigenvalue weighted by atomic mass is 10.1. The van der Waals surface area contributed by atoms with Crippen molar-refractivity contribution in [3.05, 3.63) is 59.7 Å². The number of nitrogens with zero attached hydrogens (tertiary/aromatic N) is 2. The highest BCUT2D eigenvalue weighted by molar-refractivity contribution is 7.92. The third kappa shape index (κ3) is 7.76. The van der Waals surface area contributed by atoms with Crippen molar-refractivity contribution in [1.29, 1.82) is 0 Å². The monoisotopic (exact) mass is 489 g/mol. The number of methoxy groups -OCH3 is 1. The van der Waals surface area contributed by atoms with E-state index >= 15 is 0 Å². The molecule has 0 saturated carbocycles. The number of sulfonamides is 1. The van der Waals surface area contributed by atoms with Gasteiger partial charge in [0.1, 0.15) is 18.3 Å². The van der Waals surface area contributed by atoms with Gasteiger partial charge in [-0.1, -0.05) is 24.3 Å². The van der Waals surface area contributed by atoms with Crippen molar-refractivity contribution in [3.63, 3.8) is 0 Å². The van der Waals surface area contributed by atoms with E-state index in [2.05, 4.69) is 5.32 Å². The van der Waals surface area contributed by atoms with Crippen molar-refractivity contribution >= 4 is 27.5 Å². The largest absolute Gasteiger partial charge is 0.497 e. The van der Waals surface area contributed by atoms with E-state index in [9.17, 15) is 18.0 Å². The summed E-state index contributed by atoms with van der Waals surface area (Å²) in [5, 5.41) is 2.90. The van der Waals surface area contributed by atoms with Gasteiger partial charge in [0.25, 0.3) is 0 Å². The Kier molecular flexibility index (Phi) is 8.72. The number of anilines is 1. The first kappa shape index (κ1) is 27.2. The van der Waals surface area contributed by atoms with Crippen LogP contribution in [0, 0.1) is 6.92 Å². The topological polar surface area (TPSA) is 96.0 Å². The normalized spacial score (nSPS) is 12.6. The maximum absolute atomic E-state index is 13.5. The molecule has 2 aromatic rings. The molecule has 0 aliphatic carbocycles. The number of amides is 2. The van der Waals surface area contributed by atoms with E-state index in [1.165, 1.54) is 4.90 Å². The summed E-state index contributed by atoms with van der Waals surface area (Å²) in [5.41, 5.74) is 1.56. The number of carbonyl (C=O) groups excluding carboxylic acids is 2. The van der Waals surface area contributed by atoms with Crippen LogP contribution in [-0.2, 0) is 26.2 Å². The number of rotatable bonds is 9. The minimum absolute atomic E-state index is 0.132. The average molecular weight is 490 g/mol. The second kappa shape index (κ2) is 10.9. The van der Waals surface area contributed by atoms with Gasteiger partial charge < -0.3 is 15.0 Å². The van der Waals surface area contributed by atoms with Crippen molar-refractivity contribution in [1.82, 2.24) is 10.2 Å². The molecule has 9 heteroatoms. The van der Waals surface area contributed by atoms with Gasteiger partial charge in [0.05, 0.1) is 19.1 Å². The fraction of sp³-hybridized carbons (Fsp3) is 0.440. The SMILES string of the molecule is COc1ccc(CN(C(=O)CN(c2cccc(C)c2)S(C)(=O)=O)C(C)C(=O)NC(C)(C)C)cc1. The van der Waals surface area contributed by atoms with Gasteiger partial charge in [0, 0.05) is 12.1 Å². The lowest BCUT2D eigenvalue weighted by Crippen LogP contribution is -2.54. The molecule has 0 radical (unpaired) electrons. The van der Waals surface area contributed by atoms with Gasteiger partial charge >= 0.3 is 0 Å². The van der Waals surface area contributed by atoms with Crippen LogP contribution in [0.2, 0.25) is 0 Å². The van der Waals surface area contributed by atoms with Crippen molar-refractivity contribution in [2.45, 2.75) is 52.7 Å². The third-order valence-electron chi connectivity index (χ3n) is 5.15. The average Bonchev–Trinajstić information content (AvgIpc) is 2.73. The number of carbonyl (C=O) groups is 2. The van der Waals surface area contributed by atoms with Crippen LogP contribution in [0.3, 0.4) is 0 Å². The Balaban J connectivity index is 2.40. The van der Waals surface area contributed by atoms with Gasteiger partial charge in [-0.25, -0.2) is 8.42 Å². The van der Waals surface area contributed by atoms with Crippen LogP contribution in [0.5, 0.6) is 5.75 Å². The maximum Gasteiger partial charge on any atom is 0.244 e. The van der Waals surface area contributed by atoms with Crippen LogP contribution in [0.1, 0.15) is 38.8 Å². The molecule has 1 N–H and O–H groups in total. The minimum Gasteiger partial charge on any atom is -0.497 e. The molecule has 0 aliphatic heterocycles. The lowest BCUT2D eigenvalue weighted by Gasteiger charge is -2.33. The molecule has 0 aliphatic rings. The van der Waals surface area contributed by atoms with Crippen molar-refractivity contribution in [3.8, 4) is 5.75 Å². The Bertz CT molecular complexity index is 1110.